The predicted octanol–water partition coefficient (Wildman–Crippen LogP) is 5.24. The van der Waals surface area contributed by atoms with Crippen molar-refractivity contribution < 1.29 is 35.9 Å². The van der Waals surface area contributed by atoms with E-state index in [1.54, 1.807) is 34.7 Å². The molecular formula is C26H28F3N3O5S2. The second kappa shape index (κ2) is 11.2. The normalized spacial score (nSPS) is 15.9. The number of piperidine rings is 1. The van der Waals surface area contributed by atoms with Crippen molar-refractivity contribution in [1.29, 1.82) is 0 Å². The van der Waals surface area contributed by atoms with Crippen LogP contribution in [0.4, 0.5) is 13.2 Å². The van der Waals surface area contributed by atoms with E-state index >= 15 is 0 Å². The molecule has 0 aliphatic carbocycles. The molecule has 0 saturated carbocycles. The van der Waals surface area contributed by atoms with E-state index in [1.807, 2.05) is 0 Å². The summed E-state index contributed by atoms with van der Waals surface area (Å²) in [4.78, 5) is 32.1. The van der Waals surface area contributed by atoms with E-state index in [9.17, 15) is 31.2 Å². The Morgan fingerprint density at radius 3 is 2.41 bits per heavy atom. The zero-order valence-corrected chi connectivity index (χ0v) is 23.2. The van der Waals surface area contributed by atoms with Crippen molar-refractivity contribution in [2.45, 2.75) is 50.7 Å². The lowest BCUT2D eigenvalue weighted by atomic mass is 9.98. The average molecular weight is 584 g/mol. The van der Waals surface area contributed by atoms with Gasteiger partial charge in [-0.1, -0.05) is 37.3 Å². The average Bonchev–Trinajstić information content (AvgIpc) is 3.33. The Labute approximate surface area is 228 Å². The van der Waals surface area contributed by atoms with Crippen molar-refractivity contribution in [3.8, 4) is 10.4 Å². The van der Waals surface area contributed by atoms with Crippen molar-refractivity contribution in [2.24, 2.45) is 5.92 Å². The third-order valence-corrected chi connectivity index (χ3v) is 9.26. The lowest BCUT2D eigenvalue weighted by Gasteiger charge is -2.30. The SMILES string of the molecule is CCOC(=O)c1nc(C(=O)N2CCC(C)CC2)c(-c2ccc(S(=O)(=O)N[C@@H](C)C(F)(F)F)c3ccccc23)s1. The number of rotatable bonds is 7. The van der Waals surface area contributed by atoms with Crippen LogP contribution in [0.5, 0.6) is 0 Å². The molecule has 1 aliphatic heterocycles. The number of carbonyl (C=O) groups excluding carboxylic acids is 2. The van der Waals surface area contributed by atoms with Gasteiger partial charge >= 0.3 is 12.1 Å². The first-order valence-electron chi connectivity index (χ1n) is 12.4. The molecule has 39 heavy (non-hydrogen) atoms. The molecule has 2 heterocycles. The van der Waals surface area contributed by atoms with Crippen molar-refractivity contribution in [3.05, 3.63) is 47.1 Å². The van der Waals surface area contributed by atoms with Gasteiger partial charge in [0.25, 0.3) is 5.91 Å². The fourth-order valence-electron chi connectivity index (χ4n) is 4.36. The van der Waals surface area contributed by atoms with Gasteiger partial charge in [0.15, 0.2) is 0 Å². The number of likely N-dealkylation sites (tertiary alicyclic amines) is 1. The van der Waals surface area contributed by atoms with E-state index in [0.717, 1.165) is 31.1 Å². The summed E-state index contributed by atoms with van der Waals surface area (Å²) < 4.78 is 72.1. The fourth-order valence-corrected chi connectivity index (χ4v) is 6.79. The zero-order valence-electron chi connectivity index (χ0n) is 21.5. The number of ether oxygens (including phenoxy) is 1. The second-order valence-corrected chi connectivity index (χ2v) is 12.1. The maximum Gasteiger partial charge on any atom is 0.404 e. The molecule has 0 radical (unpaired) electrons. The van der Waals surface area contributed by atoms with E-state index in [2.05, 4.69) is 11.9 Å². The molecule has 8 nitrogen and oxygen atoms in total. The molecule has 0 bridgehead atoms. The van der Waals surface area contributed by atoms with Crippen LogP contribution in [0.2, 0.25) is 0 Å². The molecule has 1 amide bonds. The number of carbonyl (C=O) groups is 2. The number of aromatic nitrogens is 1. The third kappa shape index (κ3) is 6.10. The van der Waals surface area contributed by atoms with E-state index in [1.165, 1.54) is 18.2 Å². The summed E-state index contributed by atoms with van der Waals surface area (Å²) in [6, 6.07) is 6.62. The largest absolute Gasteiger partial charge is 0.461 e. The molecule has 1 aromatic heterocycles. The smallest absolute Gasteiger partial charge is 0.404 e. The molecular weight excluding hydrogens is 555 g/mol. The Kier molecular flexibility index (Phi) is 8.33. The van der Waals surface area contributed by atoms with Crippen LogP contribution in [0.25, 0.3) is 21.2 Å². The van der Waals surface area contributed by atoms with Gasteiger partial charge in [-0.15, -0.1) is 11.3 Å². The van der Waals surface area contributed by atoms with Gasteiger partial charge in [0.1, 0.15) is 11.7 Å². The van der Waals surface area contributed by atoms with Gasteiger partial charge in [-0.3, -0.25) is 4.79 Å². The van der Waals surface area contributed by atoms with Gasteiger partial charge in [0.05, 0.1) is 16.4 Å². The number of nitrogens with one attached hydrogen (secondary N) is 1. The van der Waals surface area contributed by atoms with Crippen molar-refractivity contribution in [1.82, 2.24) is 14.6 Å². The lowest BCUT2D eigenvalue weighted by Crippen LogP contribution is -2.43. The maximum absolute atomic E-state index is 13.6. The van der Waals surface area contributed by atoms with Gasteiger partial charge in [0.2, 0.25) is 15.0 Å². The van der Waals surface area contributed by atoms with Crippen LogP contribution in [0.3, 0.4) is 0 Å². The molecule has 1 atom stereocenters. The highest BCUT2D eigenvalue weighted by Gasteiger charge is 2.39. The Bertz CT molecular complexity index is 1500. The monoisotopic (exact) mass is 583 g/mol. The van der Waals surface area contributed by atoms with E-state index in [0.29, 0.717) is 34.8 Å². The summed E-state index contributed by atoms with van der Waals surface area (Å²) in [6.07, 6.45) is -3.11. The molecule has 13 heteroatoms. The lowest BCUT2D eigenvalue weighted by molar-refractivity contribution is -0.147. The molecule has 1 aliphatic rings. The molecule has 3 aromatic rings. The van der Waals surface area contributed by atoms with Gasteiger partial charge in [-0.05, 0) is 44.1 Å². The summed E-state index contributed by atoms with van der Waals surface area (Å²) in [7, 11) is -4.56. The first-order chi connectivity index (χ1) is 18.3. The number of halogens is 3. The van der Waals surface area contributed by atoms with Gasteiger partial charge in [0, 0.05) is 24.0 Å². The molecule has 210 valence electrons. The van der Waals surface area contributed by atoms with Crippen LogP contribution in [0.1, 0.15) is 53.9 Å². The molecule has 0 unspecified atom stereocenters. The van der Waals surface area contributed by atoms with E-state index in [4.69, 9.17) is 4.74 Å². The minimum Gasteiger partial charge on any atom is -0.461 e. The van der Waals surface area contributed by atoms with Gasteiger partial charge in [-0.2, -0.15) is 17.9 Å². The van der Waals surface area contributed by atoms with Crippen LogP contribution in [0, 0.1) is 5.92 Å². The van der Waals surface area contributed by atoms with E-state index < -0.39 is 28.2 Å². The number of alkyl halides is 3. The number of nitrogens with zero attached hydrogens (tertiary/aromatic N) is 2. The number of hydrogen-bond acceptors (Lipinski definition) is 7. The Hall–Kier alpha value is -3.03. The molecule has 4 rings (SSSR count). The number of amides is 1. The van der Waals surface area contributed by atoms with Crippen molar-refractivity contribution >= 4 is 44.0 Å². The quantitative estimate of drug-likeness (QED) is 0.382. The third-order valence-electron chi connectivity index (χ3n) is 6.59. The summed E-state index contributed by atoms with van der Waals surface area (Å²) in [5, 5.41) is 0.510. The topological polar surface area (TPSA) is 106 Å². The maximum atomic E-state index is 13.6. The molecule has 1 fully saturated rings. The highest BCUT2D eigenvalue weighted by Crippen LogP contribution is 2.39. The van der Waals surface area contributed by atoms with Gasteiger partial charge < -0.3 is 9.64 Å². The van der Waals surface area contributed by atoms with Crippen LogP contribution < -0.4 is 4.72 Å². The minimum absolute atomic E-state index is 0.0259. The number of hydrogen-bond donors (Lipinski definition) is 1. The molecule has 1 saturated heterocycles. The predicted molar refractivity (Wildman–Crippen MR) is 141 cm³/mol. The van der Waals surface area contributed by atoms with Crippen molar-refractivity contribution in [2.75, 3.05) is 19.7 Å². The second-order valence-electron chi connectivity index (χ2n) is 9.43. The number of fused-ring (bicyclic) bond motifs is 1. The Morgan fingerprint density at radius 2 is 1.79 bits per heavy atom. The standard InChI is InChI=1S/C26H28F3N3O5S2/c1-4-37-25(34)23-30-21(24(33)32-13-11-15(2)12-14-32)22(38-23)19-9-10-20(18-8-6-5-7-17(18)19)39(35,36)31-16(3)26(27,28)29/h5-10,15-16,31H,4,11-14H2,1-3H3/t16-/m0/s1. The first-order valence-corrected chi connectivity index (χ1v) is 14.7. The van der Waals surface area contributed by atoms with Crippen molar-refractivity contribution in [3.63, 3.8) is 0 Å². The van der Waals surface area contributed by atoms with E-state index in [-0.39, 0.29) is 33.5 Å². The fraction of sp³-hybridized carbons (Fsp3) is 0.423. The first kappa shape index (κ1) is 29.0. The number of benzene rings is 2. The van der Waals surface area contributed by atoms with Crippen LogP contribution in [0.15, 0.2) is 41.3 Å². The highest BCUT2D eigenvalue weighted by atomic mass is 32.2. The number of sulfonamides is 1. The molecule has 0 spiro atoms. The minimum atomic E-state index is -4.77. The number of thiazole rings is 1. The molecule has 2 aromatic carbocycles. The van der Waals surface area contributed by atoms with Crippen LogP contribution >= 0.6 is 11.3 Å². The Morgan fingerprint density at radius 1 is 1.15 bits per heavy atom. The molecule has 1 N–H and O–H groups in total. The summed E-state index contributed by atoms with van der Waals surface area (Å²) in [5.74, 6) is -0.569. The summed E-state index contributed by atoms with van der Waals surface area (Å²) >= 11 is 0.949. The number of esters is 1. The Balaban J connectivity index is 1.85. The van der Waals surface area contributed by atoms with Crippen LogP contribution in [-0.4, -0.2) is 62.1 Å². The van der Waals surface area contributed by atoms with Crippen LogP contribution in [-0.2, 0) is 14.8 Å². The van der Waals surface area contributed by atoms with Gasteiger partial charge in [-0.25, -0.2) is 18.2 Å². The zero-order chi connectivity index (χ0) is 28.5. The highest BCUT2D eigenvalue weighted by molar-refractivity contribution is 7.89. The summed E-state index contributed by atoms with van der Waals surface area (Å²) in [5.41, 5.74) is 0.470. The summed E-state index contributed by atoms with van der Waals surface area (Å²) in [6.45, 7) is 5.66.